The molecule has 1 saturated carbocycles. The van der Waals surface area contributed by atoms with Gasteiger partial charge >= 0.3 is 6.61 Å². The Morgan fingerprint density at radius 3 is 2.81 bits per heavy atom. The lowest BCUT2D eigenvalue weighted by Crippen LogP contribution is -2.06. The molecule has 2 unspecified atom stereocenters. The highest BCUT2D eigenvalue weighted by atomic mass is 35.5. The van der Waals surface area contributed by atoms with Gasteiger partial charge in [-0.3, -0.25) is 0 Å². The van der Waals surface area contributed by atoms with Gasteiger partial charge in [-0.05, 0) is 48.6 Å². The Labute approximate surface area is 97.3 Å². The second-order valence-electron chi connectivity index (χ2n) is 3.90. The zero-order chi connectivity index (χ0) is 11.7. The third-order valence-electron chi connectivity index (χ3n) is 2.81. The maximum atomic E-state index is 12.2. The van der Waals surface area contributed by atoms with Crippen molar-refractivity contribution in [2.45, 2.75) is 19.0 Å². The third kappa shape index (κ3) is 2.44. The van der Waals surface area contributed by atoms with Crippen LogP contribution in [0.5, 0.6) is 5.75 Å². The Hall–Kier alpha value is -0.870. The summed E-state index contributed by atoms with van der Waals surface area (Å²) < 4.78 is 28.8. The van der Waals surface area contributed by atoms with Gasteiger partial charge in [-0.25, -0.2) is 0 Å². The number of hydrogen-bond donors (Lipinski definition) is 1. The Morgan fingerprint density at radius 1 is 1.50 bits per heavy atom. The van der Waals surface area contributed by atoms with Crippen molar-refractivity contribution in [1.29, 1.82) is 0 Å². The van der Waals surface area contributed by atoms with Crippen LogP contribution in [-0.4, -0.2) is 13.2 Å². The summed E-state index contributed by atoms with van der Waals surface area (Å²) in [6, 6.07) is 4.71. The lowest BCUT2D eigenvalue weighted by molar-refractivity contribution is -0.0504. The molecule has 0 spiro atoms. The number of hydrogen-bond acceptors (Lipinski definition) is 2. The van der Waals surface area contributed by atoms with Crippen molar-refractivity contribution < 1.29 is 13.5 Å². The lowest BCUT2D eigenvalue weighted by atomic mass is 10.1. The van der Waals surface area contributed by atoms with Crippen molar-refractivity contribution in [3.05, 3.63) is 28.8 Å². The maximum absolute atomic E-state index is 12.2. The molecule has 0 aliphatic heterocycles. The van der Waals surface area contributed by atoms with Gasteiger partial charge in [-0.15, -0.1) is 0 Å². The highest BCUT2D eigenvalue weighted by Gasteiger charge is 2.39. The number of alkyl halides is 2. The minimum atomic E-state index is -2.81. The Kier molecular flexibility index (Phi) is 3.30. The molecule has 1 aromatic rings. The molecule has 1 aromatic carbocycles. The largest absolute Gasteiger partial charge is 0.435 e. The fourth-order valence-electron chi connectivity index (χ4n) is 1.90. The average Bonchev–Trinajstić information content (AvgIpc) is 2.99. The number of nitrogens with two attached hydrogens (primary N) is 1. The minimum absolute atomic E-state index is 0.206. The van der Waals surface area contributed by atoms with Crippen LogP contribution in [0.25, 0.3) is 0 Å². The summed E-state index contributed by atoms with van der Waals surface area (Å²) in [6.45, 7) is -2.25. The minimum Gasteiger partial charge on any atom is -0.435 e. The topological polar surface area (TPSA) is 35.2 Å². The second kappa shape index (κ2) is 4.55. The van der Waals surface area contributed by atoms with Crippen LogP contribution in [0.4, 0.5) is 8.78 Å². The van der Waals surface area contributed by atoms with E-state index >= 15 is 0 Å². The Balaban J connectivity index is 2.23. The molecule has 0 aromatic heterocycles. The van der Waals surface area contributed by atoms with Crippen molar-refractivity contribution in [1.82, 2.24) is 0 Å². The van der Waals surface area contributed by atoms with E-state index in [1.807, 2.05) is 0 Å². The molecule has 1 fully saturated rings. The summed E-state index contributed by atoms with van der Waals surface area (Å²) in [4.78, 5) is 0. The molecule has 16 heavy (non-hydrogen) atoms. The van der Waals surface area contributed by atoms with E-state index in [2.05, 4.69) is 4.74 Å². The van der Waals surface area contributed by atoms with Gasteiger partial charge in [0.1, 0.15) is 5.75 Å². The first-order chi connectivity index (χ1) is 7.61. The molecule has 5 heteroatoms. The van der Waals surface area contributed by atoms with Gasteiger partial charge in [0.05, 0.1) is 0 Å². The molecular formula is C11H12ClF2NO. The highest BCUT2D eigenvalue weighted by Crippen LogP contribution is 2.50. The van der Waals surface area contributed by atoms with E-state index in [0.29, 0.717) is 17.5 Å². The van der Waals surface area contributed by atoms with E-state index in [9.17, 15) is 8.78 Å². The Bertz CT molecular complexity index is 386. The zero-order valence-electron chi connectivity index (χ0n) is 8.50. The van der Waals surface area contributed by atoms with Crippen LogP contribution < -0.4 is 10.5 Å². The third-order valence-corrected chi connectivity index (χ3v) is 3.05. The van der Waals surface area contributed by atoms with Crippen molar-refractivity contribution in [2.24, 2.45) is 11.7 Å². The standard InChI is InChI=1S/C11H12ClF2NO/c12-7-1-2-10(16-11(13)14)9(4-7)8-3-6(8)5-15/h1-2,4,6,8,11H,3,5,15H2. The predicted octanol–water partition coefficient (Wildman–Crippen LogP) is 3.00. The summed E-state index contributed by atoms with van der Waals surface area (Å²) in [5.41, 5.74) is 6.27. The van der Waals surface area contributed by atoms with E-state index < -0.39 is 6.61 Å². The molecule has 0 radical (unpaired) electrons. The maximum Gasteiger partial charge on any atom is 0.387 e. The SMILES string of the molecule is NCC1CC1c1cc(Cl)ccc1OC(F)F. The summed E-state index contributed by atoms with van der Waals surface area (Å²) >= 11 is 5.84. The first-order valence-corrected chi connectivity index (χ1v) is 5.44. The number of benzene rings is 1. The summed E-state index contributed by atoms with van der Waals surface area (Å²) in [5.74, 6) is 0.774. The van der Waals surface area contributed by atoms with Crippen LogP contribution in [0, 0.1) is 5.92 Å². The van der Waals surface area contributed by atoms with Crippen LogP contribution >= 0.6 is 11.6 Å². The van der Waals surface area contributed by atoms with Crippen molar-refractivity contribution in [3.63, 3.8) is 0 Å². The molecule has 0 bridgehead atoms. The van der Waals surface area contributed by atoms with E-state index in [-0.39, 0.29) is 11.7 Å². The smallest absolute Gasteiger partial charge is 0.387 e. The molecule has 2 rings (SSSR count). The van der Waals surface area contributed by atoms with Crippen LogP contribution in [0.3, 0.4) is 0 Å². The molecule has 1 aliphatic rings. The van der Waals surface area contributed by atoms with E-state index in [1.54, 1.807) is 12.1 Å². The second-order valence-corrected chi connectivity index (χ2v) is 4.34. The molecule has 1 aliphatic carbocycles. The van der Waals surface area contributed by atoms with Gasteiger partial charge in [0.15, 0.2) is 0 Å². The highest BCUT2D eigenvalue weighted by molar-refractivity contribution is 6.30. The Morgan fingerprint density at radius 2 is 2.25 bits per heavy atom. The molecule has 0 saturated heterocycles. The van der Waals surface area contributed by atoms with Crippen LogP contribution in [0.1, 0.15) is 17.9 Å². The quantitative estimate of drug-likeness (QED) is 0.888. The van der Waals surface area contributed by atoms with Gasteiger partial charge in [-0.2, -0.15) is 8.78 Å². The van der Waals surface area contributed by atoms with E-state index in [4.69, 9.17) is 17.3 Å². The van der Waals surface area contributed by atoms with Gasteiger partial charge in [0, 0.05) is 5.02 Å². The first-order valence-electron chi connectivity index (χ1n) is 5.06. The summed E-state index contributed by atoms with van der Waals surface area (Å²) in [7, 11) is 0. The first kappa shape index (κ1) is 11.6. The fourth-order valence-corrected chi connectivity index (χ4v) is 2.08. The average molecular weight is 248 g/mol. The van der Waals surface area contributed by atoms with E-state index in [0.717, 1.165) is 12.0 Å². The van der Waals surface area contributed by atoms with E-state index in [1.165, 1.54) is 6.07 Å². The van der Waals surface area contributed by atoms with Crippen molar-refractivity contribution in [3.8, 4) is 5.75 Å². The van der Waals surface area contributed by atoms with Gasteiger partial charge < -0.3 is 10.5 Å². The number of rotatable bonds is 4. The van der Waals surface area contributed by atoms with Crippen LogP contribution in [-0.2, 0) is 0 Å². The summed E-state index contributed by atoms with van der Waals surface area (Å²) in [6.07, 6.45) is 0.913. The van der Waals surface area contributed by atoms with Crippen molar-refractivity contribution in [2.75, 3.05) is 6.54 Å². The number of halogens is 3. The zero-order valence-corrected chi connectivity index (χ0v) is 9.25. The molecule has 2 atom stereocenters. The van der Waals surface area contributed by atoms with Gasteiger partial charge in [0.25, 0.3) is 0 Å². The van der Waals surface area contributed by atoms with Crippen LogP contribution in [0.2, 0.25) is 5.02 Å². The molecule has 2 N–H and O–H groups in total. The lowest BCUT2D eigenvalue weighted by Gasteiger charge is -2.10. The molecule has 0 amide bonds. The monoisotopic (exact) mass is 247 g/mol. The molecular weight excluding hydrogens is 236 g/mol. The van der Waals surface area contributed by atoms with Crippen molar-refractivity contribution >= 4 is 11.6 Å². The molecule has 2 nitrogen and oxygen atoms in total. The fraction of sp³-hybridized carbons (Fsp3) is 0.455. The number of ether oxygens (including phenoxy) is 1. The van der Waals surface area contributed by atoms with Gasteiger partial charge in [-0.1, -0.05) is 11.6 Å². The predicted molar refractivity (Wildman–Crippen MR) is 58.0 cm³/mol. The normalized spacial score (nSPS) is 23.6. The van der Waals surface area contributed by atoms with Crippen LogP contribution in [0.15, 0.2) is 18.2 Å². The summed E-state index contributed by atoms with van der Waals surface area (Å²) in [5, 5.41) is 0.527. The molecule has 0 heterocycles. The molecule has 88 valence electrons. The van der Waals surface area contributed by atoms with Gasteiger partial charge in [0.2, 0.25) is 0 Å².